The Hall–Kier alpha value is -3.43. The van der Waals surface area contributed by atoms with Crippen LogP contribution < -0.4 is 9.62 Å². The molecule has 0 saturated heterocycles. The quantitative estimate of drug-likeness (QED) is 0.422. The molecular weight excluding hydrogens is 466 g/mol. The molecule has 1 aromatic heterocycles. The molecule has 4 rings (SSSR count). The minimum absolute atomic E-state index is 0.0692. The molecule has 33 heavy (non-hydrogen) atoms. The Kier molecular flexibility index (Phi) is 6.62. The molecule has 0 atom stereocenters. The molecule has 10 heteroatoms. The summed E-state index contributed by atoms with van der Waals surface area (Å²) < 4.78 is 32.8. The van der Waals surface area contributed by atoms with E-state index < -0.39 is 28.5 Å². The van der Waals surface area contributed by atoms with Gasteiger partial charge in [0.05, 0.1) is 21.8 Å². The maximum atomic E-state index is 13.2. The first kappa shape index (κ1) is 22.8. The number of hydrogen-bond acceptors (Lipinski definition) is 6. The van der Waals surface area contributed by atoms with E-state index in [0.717, 1.165) is 18.4 Å². The Morgan fingerprint density at radius 3 is 2.58 bits per heavy atom. The van der Waals surface area contributed by atoms with Crippen LogP contribution in [0.3, 0.4) is 0 Å². The maximum absolute atomic E-state index is 13.2. The highest BCUT2D eigenvalue weighted by Gasteiger charge is 2.29. The molecule has 3 aromatic rings. The molecule has 0 fully saturated rings. The molecule has 2 aromatic carbocycles. The van der Waals surface area contributed by atoms with E-state index in [1.54, 1.807) is 18.2 Å². The van der Waals surface area contributed by atoms with Crippen molar-refractivity contribution in [2.75, 3.05) is 22.8 Å². The molecule has 8 nitrogen and oxygen atoms in total. The van der Waals surface area contributed by atoms with Gasteiger partial charge in [0.25, 0.3) is 15.9 Å². The number of pyridine rings is 1. The summed E-state index contributed by atoms with van der Waals surface area (Å²) in [5.74, 6) is -1.34. The van der Waals surface area contributed by atoms with Crippen molar-refractivity contribution < 1.29 is 22.7 Å². The number of halogens is 1. The number of nitrogens with zero attached hydrogens (tertiary/aromatic N) is 2. The van der Waals surface area contributed by atoms with Crippen LogP contribution in [0.1, 0.15) is 22.3 Å². The van der Waals surface area contributed by atoms with Gasteiger partial charge in [-0.1, -0.05) is 29.8 Å². The van der Waals surface area contributed by atoms with Crippen LogP contribution in [0.25, 0.3) is 0 Å². The van der Waals surface area contributed by atoms with Crippen LogP contribution in [0.4, 0.5) is 11.4 Å². The van der Waals surface area contributed by atoms with Crippen LogP contribution in [-0.2, 0) is 26.0 Å². The van der Waals surface area contributed by atoms with Gasteiger partial charge in [0, 0.05) is 12.7 Å². The number of carbonyl (C=O) groups is 2. The molecule has 1 amide bonds. The van der Waals surface area contributed by atoms with Crippen LogP contribution >= 0.6 is 11.6 Å². The Morgan fingerprint density at radius 1 is 1.06 bits per heavy atom. The number of anilines is 2. The van der Waals surface area contributed by atoms with Gasteiger partial charge >= 0.3 is 5.97 Å². The minimum Gasteiger partial charge on any atom is -0.452 e. The van der Waals surface area contributed by atoms with Gasteiger partial charge in [-0.15, -0.1) is 0 Å². The van der Waals surface area contributed by atoms with Gasteiger partial charge < -0.3 is 10.1 Å². The Balaban J connectivity index is 1.41. The predicted octanol–water partition coefficient (Wildman–Crippen LogP) is 3.67. The van der Waals surface area contributed by atoms with Crippen LogP contribution in [0, 0.1) is 0 Å². The van der Waals surface area contributed by atoms with Crippen molar-refractivity contribution in [3.05, 3.63) is 83.1 Å². The Morgan fingerprint density at radius 2 is 1.82 bits per heavy atom. The van der Waals surface area contributed by atoms with E-state index in [2.05, 4.69) is 10.3 Å². The number of nitrogens with one attached hydrogen (secondary N) is 1. The number of aromatic nitrogens is 1. The number of hydrogen-bond donors (Lipinski definition) is 1. The lowest BCUT2D eigenvalue weighted by molar-refractivity contribution is -0.119. The Labute approximate surface area is 196 Å². The first-order valence-electron chi connectivity index (χ1n) is 10.1. The third-order valence-corrected chi connectivity index (χ3v) is 7.24. The van der Waals surface area contributed by atoms with Gasteiger partial charge in [-0.05, 0) is 60.9 Å². The summed E-state index contributed by atoms with van der Waals surface area (Å²) in [5, 5.41) is 2.61. The molecule has 0 spiro atoms. The second-order valence-electron chi connectivity index (χ2n) is 7.30. The summed E-state index contributed by atoms with van der Waals surface area (Å²) in [6.07, 6.45) is 3.03. The van der Waals surface area contributed by atoms with Gasteiger partial charge in [-0.25, -0.2) is 18.2 Å². The largest absolute Gasteiger partial charge is 0.452 e. The number of aryl methyl sites for hydroxylation is 1. The molecule has 1 aliphatic heterocycles. The fourth-order valence-corrected chi connectivity index (χ4v) is 5.23. The second-order valence-corrected chi connectivity index (χ2v) is 9.52. The summed E-state index contributed by atoms with van der Waals surface area (Å²) in [7, 11) is -3.78. The third kappa shape index (κ3) is 4.99. The molecule has 0 radical (unpaired) electrons. The lowest BCUT2D eigenvalue weighted by Crippen LogP contribution is -2.35. The molecule has 0 aliphatic carbocycles. The topological polar surface area (TPSA) is 106 Å². The highest BCUT2D eigenvalue weighted by molar-refractivity contribution is 7.92. The van der Waals surface area contributed by atoms with Crippen LogP contribution in [0.5, 0.6) is 0 Å². The molecule has 170 valence electrons. The number of para-hydroxylation sites is 1. The van der Waals surface area contributed by atoms with E-state index in [-0.39, 0.29) is 15.6 Å². The van der Waals surface area contributed by atoms with Gasteiger partial charge in [-0.2, -0.15) is 0 Å². The number of esters is 1. The van der Waals surface area contributed by atoms with E-state index >= 15 is 0 Å². The van der Waals surface area contributed by atoms with Crippen molar-refractivity contribution >= 4 is 44.9 Å². The summed E-state index contributed by atoms with van der Waals surface area (Å²) in [6.45, 7) is -0.145. The molecular formula is C23H20ClN3O5S. The van der Waals surface area contributed by atoms with Crippen molar-refractivity contribution in [2.45, 2.75) is 17.7 Å². The second kappa shape index (κ2) is 9.60. The van der Waals surface area contributed by atoms with Crippen LogP contribution in [-0.4, -0.2) is 38.4 Å². The van der Waals surface area contributed by atoms with Crippen molar-refractivity contribution in [1.82, 2.24) is 4.98 Å². The predicted molar refractivity (Wildman–Crippen MR) is 124 cm³/mol. The van der Waals surface area contributed by atoms with Gasteiger partial charge in [-0.3, -0.25) is 9.10 Å². The van der Waals surface area contributed by atoms with E-state index in [1.165, 1.54) is 34.8 Å². The first-order valence-corrected chi connectivity index (χ1v) is 12.0. The zero-order valence-corrected chi connectivity index (χ0v) is 19.0. The summed E-state index contributed by atoms with van der Waals surface area (Å²) in [6, 6.07) is 16.0. The monoisotopic (exact) mass is 485 g/mol. The van der Waals surface area contributed by atoms with E-state index in [1.807, 2.05) is 18.2 Å². The number of sulfonamides is 1. The number of benzene rings is 2. The van der Waals surface area contributed by atoms with Crippen molar-refractivity contribution in [2.24, 2.45) is 0 Å². The molecule has 1 aliphatic rings. The highest BCUT2D eigenvalue weighted by atomic mass is 35.5. The maximum Gasteiger partial charge on any atom is 0.338 e. The lowest BCUT2D eigenvalue weighted by atomic mass is 10.0. The van der Waals surface area contributed by atoms with Crippen molar-refractivity contribution in [3.8, 4) is 0 Å². The van der Waals surface area contributed by atoms with Crippen LogP contribution in [0.15, 0.2) is 71.8 Å². The van der Waals surface area contributed by atoms with E-state index in [0.29, 0.717) is 17.9 Å². The molecule has 2 heterocycles. The number of amides is 1. The molecule has 0 saturated carbocycles. The summed E-state index contributed by atoms with van der Waals surface area (Å²) >= 11 is 5.88. The van der Waals surface area contributed by atoms with Crippen LogP contribution in [0.2, 0.25) is 5.15 Å². The smallest absolute Gasteiger partial charge is 0.338 e. The van der Waals surface area contributed by atoms with Crippen molar-refractivity contribution in [3.63, 3.8) is 0 Å². The zero-order valence-electron chi connectivity index (χ0n) is 17.4. The van der Waals surface area contributed by atoms with E-state index in [9.17, 15) is 18.0 Å². The average Bonchev–Trinajstić information content (AvgIpc) is 2.83. The minimum atomic E-state index is -3.78. The molecule has 0 unspecified atom stereocenters. The van der Waals surface area contributed by atoms with Gasteiger partial charge in [0.2, 0.25) is 0 Å². The summed E-state index contributed by atoms with van der Waals surface area (Å²) in [4.78, 5) is 28.2. The lowest BCUT2D eigenvalue weighted by Gasteiger charge is -2.30. The van der Waals surface area contributed by atoms with Crippen molar-refractivity contribution in [1.29, 1.82) is 0 Å². The fraction of sp³-hybridized carbons (Fsp3) is 0.174. The normalized spacial score (nSPS) is 13.2. The number of carbonyl (C=O) groups excluding carboxylic acids is 2. The highest BCUT2D eigenvalue weighted by Crippen LogP contribution is 2.31. The molecule has 0 bridgehead atoms. The van der Waals surface area contributed by atoms with E-state index in [4.69, 9.17) is 16.3 Å². The van der Waals surface area contributed by atoms with Gasteiger partial charge in [0.1, 0.15) is 0 Å². The number of fused-ring (bicyclic) bond motifs is 1. The standard InChI is InChI=1S/C23H20ClN3O5S/c24-22-19(7-3-13-25-22)26-21(28)15-32-23(29)17-9-11-18(12-10-17)33(30,31)27-14-4-6-16-5-1-2-8-20(16)27/h1-3,5,7-13H,4,6,14-15H2,(H,26,28). The fourth-order valence-electron chi connectivity index (χ4n) is 3.52. The molecule has 1 N–H and O–H groups in total. The average molecular weight is 486 g/mol. The Bertz CT molecular complexity index is 1300. The summed E-state index contributed by atoms with van der Waals surface area (Å²) in [5.41, 5.74) is 2.08. The first-order chi connectivity index (χ1) is 15.9. The zero-order chi connectivity index (χ0) is 23.4. The third-order valence-electron chi connectivity index (χ3n) is 5.11. The van der Waals surface area contributed by atoms with Gasteiger partial charge in [0.15, 0.2) is 11.8 Å². The SMILES string of the molecule is O=C(COC(=O)c1ccc(S(=O)(=O)N2CCCc3ccccc32)cc1)Nc1cccnc1Cl. The number of ether oxygens (including phenoxy) is 1. The number of rotatable bonds is 6.